The molecule has 7 heteroatoms. The number of likely N-dealkylation sites (N-methyl/N-ethyl adjacent to an activating group) is 1. The number of halogens is 1. The Kier molecular flexibility index (Phi) is 8.59. The highest BCUT2D eigenvalue weighted by Gasteiger charge is 2.46. The van der Waals surface area contributed by atoms with Crippen LogP contribution < -0.4 is 0 Å². The maximum Gasteiger partial charge on any atom is 0.237 e. The van der Waals surface area contributed by atoms with Gasteiger partial charge in [0.1, 0.15) is 11.0 Å². The highest BCUT2D eigenvalue weighted by molar-refractivity contribution is 6.30. The van der Waals surface area contributed by atoms with E-state index in [-0.39, 0.29) is 31.0 Å². The second kappa shape index (κ2) is 11.1. The summed E-state index contributed by atoms with van der Waals surface area (Å²) in [5.41, 5.74) is 0.550. The minimum atomic E-state index is -1.04. The molecule has 1 aliphatic heterocycles. The van der Waals surface area contributed by atoms with E-state index >= 15 is 0 Å². The quantitative estimate of drug-likeness (QED) is 0.379. The average Bonchev–Trinajstić information content (AvgIpc) is 2.88. The molecule has 0 aromatic heterocycles. The zero-order chi connectivity index (χ0) is 25.1. The Morgan fingerprint density at radius 2 is 1.42 bits per heavy atom. The number of quaternary nitrogens is 1. The van der Waals surface area contributed by atoms with Crippen molar-refractivity contribution in [3.8, 4) is 0 Å². The number of piperidine rings is 1. The topological polar surface area (TPSA) is 95.1 Å². The smallest absolute Gasteiger partial charge is 0.237 e. The van der Waals surface area contributed by atoms with Gasteiger partial charge in [-0.3, -0.25) is 4.79 Å². The summed E-state index contributed by atoms with van der Waals surface area (Å²) in [6.45, 7) is 0.851. The van der Waals surface area contributed by atoms with Gasteiger partial charge >= 0.3 is 0 Å². The highest BCUT2D eigenvalue weighted by atomic mass is 35.5. The summed E-state index contributed by atoms with van der Waals surface area (Å²) in [5.74, 6) is -0.0452. The van der Waals surface area contributed by atoms with Gasteiger partial charge in [-0.25, -0.2) is 0 Å². The number of benzene rings is 3. The van der Waals surface area contributed by atoms with Gasteiger partial charge in [0.15, 0.2) is 0 Å². The van der Waals surface area contributed by atoms with E-state index in [0.29, 0.717) is 24.3 Å². The second-order valence-corrected chi connectivity index (χ2v) is 10.3. The maximum atomic E-state index is 13.9. The Balaban J connectivity index is 0.00000361. The minimum absolute atomic E-state index is 0. The molecule has 0 aliphatic carbocycles. The van der Waals surface area contributed by atoms with Crippen molar-refractivity contribution in [1.82, 2.24) is 4.90 Å². The average molecular weight is 511 g/mol. The third kappa shape index (κ3) is 5.48. The first-order chi connectivity index (χ1) is 16.7. The van der Waals surface area contributed by atoms with Crippen LogP contribution in [0, 0.1) is 5.21 Å². The molecule has 3 aromatic rings. The number of hydroxylamine groups is 3. The van der Waals surface area contributed by atoms with Crippen LogP contribution in [0.1, 0.15) is 36.0 Å². The van der Waals surface area contributed by atoms with Crippen LogP contribution in [0.15, 0.2) is 84.9 Å². The molecule has 0 unspecified atom stereocenters. The number of carbonyl (C=O) groups excluding carboxylic acids is 1. The third-order valence-electron chi connectivity index (χ3n) is 7.45. The Morgan fingerprint density at radius 1 is 0.944 bits per heavy atom. The van der Waals surface area contributed by atoms with Crippen molar-refractivity contribution in [3.05, 3.63) is 112 Å². The van der Waals surface area contributed by atoms with Gasteiger partial charge in [-0.05, 0) is 28.8 Å². The van der Waals surface area contributed by atoms with E-state index in [9.17, 15) is 15.1 Å². The lowest BCUT2D eigenvalue weighted by molar-refractivity contribution is -0.889. The summed E-state index contributed by atoms with van der Waals surface area (Å²) in [6.07, 6.45) is 1.10. The van der Waals surface area contributed by atoms with E-state index in [4.69, 9.17) is 11.6 Å². The first-order valence-electron chi connectivity index (χ1n) is 12.1. The van der Waals surface area contributed by atoms with Crippen LogP contribution in [0.4, 0.5) is 0 Å². The molecule has 0 radical (unpaired) electrons. The van der Waals surface area contributed by atoms with Gasteiger partial charge in [0.2, 0.25) is 5.91 Å². The van der Waals surface area contributed by atoms with Crippen molar-refractivity contribution in [2.45, 2.75) is 30.3 Å². The molecule has 0 saturated carbocycles. The molecule has 192 valence electrons. The number of aliphatic hydroxyl groups is 1. The van der Waals surface area contributed by atoms with Gasteiger partial charge in [-0.1, -0.05) is 84.4 Å². The molecule has 36 heavy (non-hydrogen) atoms. The Morgan fingerprint density at radius 3 is 1.86 bits per heavy atom. The predicted octanol–water partition coefficient (Wildman–Crippen LogP) is 4.28. The Bertz CT molecular complexity index is 1090. The summed E-state index contributed by atoms with van der Waals surface area (Å²) >= 11 is 6.01. The van der Waals surface area contributed by atoms with Gasteiger partial charge in [-0.15, -0.1) is 0 Å². The van der Waals surface area contributed by atoms with E-state index in [0.717, 1.165) is 16.7 Å². The normalized spacial score (nSPS) is 21.9. The SMILES string of the molecule is CN(C)C(=O)C(CC[N+]1([O-])CCC(O)(c2ccc(Cl)cc2)CC1)(c1ccccc1)c1ccccc1.O. The van der Waals surface area contributed by atoms with Crippen LogP contribution in [0.3, 0.4) is 0 Å². The number of amides is 1. The molecule has 1 aliphatic rings. The molecule has 1 fully saturated rings. The lowest BCUT2D eigenvalue weighted by Gasteiger charge is -2.51. The Hall–Kier alpha value is -2.74. The number of hydrogen-bond acceptors (Lipinski definition) is 3. The van der Waals surface area contributed by atoms with E-state index < -0.39 is 15.7 Å². The molecular weight excluding hydrogens is 476 g/mol. The van der Waals surface area contributed by atoms with Crippen LogP contribution in [-0.2, 0) is 15.8 Å². The van der Waals surface area contributed by atoms with Crippen LogP contribution in [-0.4, -0.2) is 59.8 Å². The molecule has 1 saturated heterocycles. The van der Waals surface area contributed by atoms with Gasteiger partial charge in [0.25, 0.3) is 0 Å². The van der Waals surface area contributed by atoms with Crippen LogP contribution >= 0.6 is 11.6 Å². The number of likely N-dealkylation sites (tertiary alicyclic amines) is 1. The Labute approximate surface area is 218 Å². The molecule has 1 amide bonds. The summed E-state index contributed by atoms with van der Waals surface area (Å²) in [4.78, 5) is 15.4. The van der Waals surface area contributed by atoms with Crippen molar-refractivity contribution < 1.29 is 20.0 Å². The van der Waals surface area contributed by atoms with Crippen molar-refractivity contribution in [1.29, 1.82) is 0 Å². The lowest BCUT2D eigenvalue weighted by atomic mass is 9.70. The fourth-order valence-electron chi connectivity index (χ4n) is 5.29. The second-order valence-electron chi connectivity index (χ2n) is 9.85. The molecular formula is C29H35ClN2O4. The molecule has 3 aromatic carbocycles. The van der Waals surface area contributed by atoms with Gasteiger partial charge in [0.05, 0.1) is 19.6 Å². The fourth-order valence-corrected chi connectivity index (χ4v) is 5.42. The summed E-state index contributed by atoms with van der Waals surface area (Å²) in [7, 11) is 3.52. The zero-order valence-electron chi connectivity index (χ0n) is 20.9. The van der Waals surface area contributed by atoms with Gasteiger partial charge in [0, 0.05) is 38.4 Å². The van der Waals surface area contributed by atoms with E-state index in [1.807, 2.05) is 72.8 Å². The molecule has 3 N–H and O–H groups in total. The zero-order valence-corrected chi connectivity index (χ0v) is 21.6. The molecule has 0 atom stereocenters. The van der Waals surface area contributed by atoms with Crippen LogP contribution in [0.5, 0.6) is 0 Å². The van der Waals surface area contributed by atoms with Gasteiger partial charge < -0.3 is 25.3 Å². The first kappa shape index (κ1) is 27.8. The van der Waals surface area contributed by atoms with E-state index in [1.54, 1.807) is 31.1 Å². The van der Waals surface area contributed by atoms with Gasteiger partial charge in [-0.2, -0.15) is 0 Å². The maximum absolute atomic E-state index is 13.9. The summed E-state index contributed by atoms with van der Waals surface area (Å²) in [6, 6.07) is 26.7. The molecule has 4 rings (SSSR count). The van der Waals surface area contributed by atoms with Crippen molar-refractivity contribution in [3.63, 3.8) is 0 Å². The van der Waals surface area contributed by atoms with E-state index in [1.165, 1.54) is 0 Å². The molecule has 6 nitrogen and oxygen atoms in total. The fraction of sp³-hybridized carbons (Fsp3) is 0.345. The number of carbonyl (C=O) groups is 1. The van der Waals surface area contributed by atoms with Crippen LogP contribution in [0.2, 0.25) is 5.02 Å². The first-order valence-corrected chi connectivity index (χ1v) is 12.4. The number of nitrogens with zero attached hydrogens (tertiary/aromatic N) is 2. The largest absolute Gasteiger partial charge is 0.633 e. The molecule has 0 spiro atoms. The van der Waals surface area contributed by atoms with Crippen molar-refractivity contribution in [2.75, 3.05) is 33.7 Å². The standard InChI is InChI=1S/C29H33ClN2O3.H2O/c1-31(2)27(33)29(24-9-5-3-6-10-24,25-11-7-4-8-12-25)19-22-32(35)20-17-28(34,18-21-32)23-13-15-26(30)16-14-23;/h3-16,34H,17-22H2,1-2H3;1H2. The number of rotatable bonds is 7. The van der Waals surface area contributed by atoms with Crippen LogP contribution in [0.25, 0.3) is 0 Å². The summed E-state index contributed by atoms with van der Waals surface area (Å²) < 4.78 is -0.433. The lowest BCUT2D eigenvalue weighted by Crippen LogP contribution is -2.55. The van der Waals surface area contributed by atoms with Crippen molar-refractivity contribution in [2.24, 2.45) is 0 Å². The molecule has 1 heterocycles. The minimum Gasteiger partial charge on any atom is -0.633 e. The predicted molar refractivity (Wildman–Crippen MR) is 143 cm³/mol. The summed E-state index contributed by atoms with van der Waals surface area (Å²) in [5, 5.41) is 25.8. The highest BCUT2D eigenvalue weighted by Crippen LogP contribution is 2.41. The third-order valence-corrected chi connectivity index (χ3v) is 7.70. The van der Waals surface area contributed by atoms with E-state index in [2.05, 4.69) is 0 Å². The number of hydrogen-bond donors (Lipinski definition) is 1. The molecule has 0 bridgehead atoms. The monoisotopic (exact) mass is 510 g/mol. The van der Waals surface area contributed by atoms with Crippen molar-refractivity contribution >= 4 is 17.5 Å².